The van der Waals surface area contributed by atoms with Crippen molar-refractivity contribution in [2.24, 2.45) is 5.92 Å². The van der Waals surface area contributed by atoms with Crippen molar-refractivity contribution < 1.29 is 5.11 Å². The van der Waals surface area contributed by atoms with Crippen molar-refractivity contribution in [3.8, 4) is 0 Å². The number of β-amino-alcohol motifs (C(OH)–C–C–N with tert-alkyl or cyclic N) is 1. The number of halogens is 2. The average Bonchev–Trinajstić information content (AvgIpc) is 2.64. The van der Waals surface area contributed by atoms with E-state index in [1.807, 2.05) is 12.1 Å². The summed E-state index contributed by atoms with van der Waals surface area (Å²) in [6.45, 7) is 6.90. The second kappa shape index (κ2) is 5.38. The number of aliphatic hydroxyl groups is 1. The predicted octanol–water partition coefficient (Wildman–Crippen LogP) is 3.54. The Balaban J connectivity index is 2.20. The van der Waals surface area contributed by atoms with E-state index in [4.69, 9.17) is 23.2 Å². The van der Waals surface area contributed by atoms with Gasteiger partial charge in [0.2, 0.25) is 0 Å². The highest BCUT2D eigenvalue weighted by Crippen LogP contribution is 2.38. The number of benzene rings is 1. The Morgan fingerprint density at radius 2 is 2.11 bits per heavy atom. The second-order valence-corrected chi connectivity index (χ2v) is 6.30. The summed E-state index contributed by atoms with van der Waals surface area (Å²) in [6.07, 6.45) is 0.708. The van der Waals surface area contributed by atoms with Gasteiger partial charge in [-0.1, -0.05) is 49.2 Å². The molecule has 0 amide bonds. The first kappa shape index (κ1) is 14.1. The van der Waals surface area contributed by atoms with Gasteiger partial charge in [-0.25, -0.2) is 0 Å². The highest BCUT2D eigenvalue weighted by molar-refractivity contribution is 6.42. The van der Waals surface area contributed by atoms with Gasteiger partial charge in [-0.15, -0.1) is 0 Å². The molecule has 0 bridgehead atoms. The Bertz CT molecular complexity index is 436. The Labute approximate surface area is 119 Å². The summed E-state index contributed by atoms with van der Waals surface area (Å²) in [4.78, 5) is 2.28. The van der Waals surface area contributed by atoms with Crippen LogP contribution in [0.5, 0.6) is 0 Å². The van der Waals surface area contributed by atoms with Gasteiger partial charge >= 0.3 is 0 Å². The summed E-state index contributed by atoms with van der Waals surface area (Å²) < 4.78 is 0. The molecule has 1 aromatic rings. The predicted molar refractivity (Wildman–Crippen MR) is 76.3 cm³/mol. The summed E-state index contributed by atoms with van der Waals surface area (Å²) in [5, 5.41) is 11.8. The molecule has 0 spiro atoms. The number of nitrogens with zero attached hydrogens (tertiary/aromatic N) is 1. The topological polar surface area (TPSA) is 23.5 Å². The molecule has 1 aliphatic rings. The van der Waals surface area contributed by atoms with E-state index in [-0.39, 0.29) is 0 Å². The SMILES string of the molecule is CC(C)CN1CCC(O)(c2cccc(Cl)c2Cl)C1. The number of hydrogen-bond donors (Lipinski definition) is 1. The fraction of sp³-hybridized carbons (Fsp3) is 0.571. The van der Waals surface area contributed by atoms with E-state index >= 15 is 0 Å². The molecule has 0 aliphatic carbocycles. The minimum absolute atomic E-state index is 0.480. The Morgan fingerprint density at radius 3 is 2.78 bits per heavy atom. The lowest BCUT2D eigenvalue weighted by Gasteiger charge is -2.26. The van der Waals surface area contributed by atoms with Crippen LogP contribution in [-0.2, 0) is 5.60 Å². The molecule has 1 unspecified atom stereocenters. The van der Waals surface area contributed by atoms with Crippen molar-refractivity contribution in [2.45, 2.75) is 25.9 Å². The zero-order valence-corrected chi connectivity index (χ0v) is 12.3. The van der Waals surface area contributed by atoms with Crippen LogP contribution in [-0.4, -0.2) is 29.6 Å². The number of rotatable bonds is 3. The summed E-state index contributed by atoms with van der Waals surface area (Å²) in [6, 6.07) is 5.46. The summed E-state index contributed by atoms with van der Waals surface area (Å²) >= 11 is 12.2. The van der Waals surface area contributed by atoms with Crippen molar-refractivity contribution in [3.05, 3.63) is 33.8 Å². The molecule has 0 aromatic heterocycles. The maximum Gasteiger partial charge on any atom is 0.105 e. The molecule has 1 aromatic carbocycles. The van der Waals surface area contributed by atoms with E-state index in [0.717, 1.165) is 18.7 Å². The molecule has 18 heavy (non-hydrogen) atoms. The molecule has 4 heteroatoms. The quantitative estimate of drug-likeness (QED) is 0.919. The first-order valence-corrected chi connectivity index (χ1v) is 7.07. The van der Waals surface area contributed by atoms with Crippen LogP contribution < -0.4 is 0 Å². The van der Waals surface area contributed by atoms with E-state index in [0.29, 0.717) is 28.9 Å². The zero-order valence-electron chi connectivity index (χ0n) is 10.8. The molecule has 1 N–H and O–H groups in total. The molecule has 1 saturated heterocycles. The molecule has 1 atom stereocenters. The highest BCUT2D eigenvalue weighted by Gasteiger charge is 2.39. The zero-order chi connectivity index (χ0) is 13.3. The lowest BCUT2D eigenvalue weighted by atomic mass is 9.93. The van der Waals surface area contributed by atoms with Gasteiger partial charge in [-0.05, 0) is 18.4 Å². The fourth-order valence-electron chi connectivity index (χ4n) is 2.63. The summed E-state index contributed by atoms with van der Waals surface area (Å²) in [7, 11) is 0. The molecule has 100 valence electrons. The van der Waals surface area contributed by atoms with Crippen molar-refractivity contribution in [3.63, 3.8) is 0 Å². The molecular formula is C14H19Cl2NO. The fourth-order valence-corrected chi connectivity index (χ4v) is 3.10. The maximum atomic E-state index is 10.8. The maximum absolute atomic E-state index is 10.8. The van der Waals surface area contributed by atoms with Crippen LogP contribution in [0.25, 0.3) is 0 Å². The molecular weight excluding hydrogens is 269 g/mol. The third kappa shape index (κ3) is 2.83. The van der Waals surface area contributed by atoms with Gasteiger partial charge in [0.15, 0.2) is 0 Å². The molecule has 1 aliphatic heterocycles. The minimum atomic E-state index is -0.864. The smallest absolute Gasteiger partial charge is 0.105 e. The van der Waals surface area contributed by atoms with Gasteiger partial charge in [0.05, 0.1) is 10.0 Å². The highest BCUT2D eigenvalue weighted by atomic mass is 35.5. The van der Waals surface area contributed by atoms with Crippen LogP contribution in [0.3, 0.4) is 0 Å². The lowest BCUT2D eigenvalue weighted by Crippen LogP contribution is -2.32. The molecule has 2 rings (SSSR count). The van der Waals surface area contributed by atoms with Crippen LogP contribution in [0.4, 0.5) is 0 Å². The van der Waals surface area contributed by atoms with Crippen molar-refractivity contribution in [1.29, 1.82) is 0 Å². The van der Waals surface area contributed by atoms with E-state index in [2.05, 4.69) is 18.7 Å². The summed E-state index contributed by atoms with van der Waals surface area (Å²) in [5.41, 5.74) is -0.112. The normalized spacial score (nSPS) is 25.0. The van der Waals surface area contributed by atoms with Gasteiger partial charge in [-0.2, -0.15) is 0 Å². The Hall–Kier alpha value is -0.280. The first-order valence-electron chi connectivity index (χ1n) is 6.31. The van der Waals surface area contributed by atoms with Crippen LogP contribution in [0.1, 0.15) is 25.8 Å². The molecule has 1 heterocycles. The molecule has 0 radical (unpaired) electrons. The van der Waals surface area contributed by atoms with Crippen LogP contribution in [0, 0.1) is 5.92 Å². The van der Waals surface area contributed by atoms with Crippen LogP contribution in [0.2, 0.25) is 10.0 Å². The minimum Gasteiger partial charge on any atom is -0.384 e. The van der Waals surface area contributed by atoms with E-state index in [1.165, 1.54) is 0 Å². The Morgan fingerprint density at radius 1 is 1.39 bits per heavy atom. The standard InChI is InChI=1S/C14H19Cl2NO/c1-10(2)8-17-7-6-14(18,9-17)11-4-3-5-12(15)13(11)16/h3-5,10,18H,6-9H2,1-2H3. The average molecular weight is 288 g/mol. The third-order valence-electron chi connectivity index (χ3n) is 3.40. The lowest BCUT2D eigenvalue weighted by molar-refractivity contribution is 0.0450. The van der Waals surface area contributed by atoms with E-state index < -0.39 is 5.60 Å². The first-order chi connectivity index (χ1) is 8.42. The molecule has 2 nitrogen and oxygen atoms in total. The third-order valence-corrected chi connectivity index (χ3v) is 4.22. The number of likely N-dealkylation sites (tertiary alicyclic amines) is 1. The van der Waals surface area contributed by atoms with Gasteiger partial charge in [0, 0.05) is 25.2 Å². The van der Waals surface area contributed by atoms with Crippen LogP contribution >= 0.6 is 23.2 Å². The van der Waals surface area contributed by atoms with Crippen molar-refractivity contribution in [2.75, 3.05) is 19.6 Å². The molecule has 0 saturated carbocycles. The second-order valence-electron chi connectivity index (χ2n) is 5.51. The van der Waals surface area contributed by atoms with E-state index in [1.54, 1.807) is 6.07 Å². The number of hydrogen-bond acceptors (Lipinski definition) is 2. The van der Waals surface area contributed by atoms with Crippen LogP contribution in [0.15, 0.2) is 18.2 Å². The van der Waals surface area contributed by atoms with Gasteiger partial charge in [0.25, 0.3) is 0 Å². The van der Waals surface area contributed by atoms with Gasteiger partial charge in [-0.3, -0.25) is 4.90 Å². The van der Waals surface area contributed by atoms with Gasteiger partial charge < -0.3 is 5.11 Å². The van der Waals surface area contributed by atoms with Crippen molar-refractivity contribution >= 4 is 23.2 Å². The summed E-state index contributed by atoms with van der Waals surface area (Å²) in [5.74, 6) is 0.599. The molecule has 1 fully saturated rings. The van der Waals surface area contributed by atoms with Gasteiger partial charge in [0.1, 0.15) is 5.60 Å². The Kier molecular flexibility index (Phi) is 4.22. The monoisotopic (exact) mass is 287 g/mol. The van der Waals surface area contributed by atoms with Crippen molar-refractivity contribution in [1.82, 2.24) is 4.90 Å². The van der Waals surface area contributed by atoms with E-state index in [9.17, 15) is 5.11 Å². The largest absolute Gasteiger partial charge is 0.384 e.